The molecular formula is C19H25ClN2O4S. The number of alkyl carbamates (subject to hydrolysis) is 1. The Bertz CT molecular complexity index is 696. The topological polar surface area (TPSA) is 78.9 Å². The van der Waals surface area contributed by atoms with Gasteiger partial charge in [-0.3, -0.25) is 4.90 Å². The highest BCUT2D eigenvalue weighted by molar-refractivity contribution is 8.00. The molecule has 8 heteroatoms. The lowest BCUT2D eigenvalue weighted by atomic mass is 10.0. The lowest BCUT2D eigenvalue weighted by molar-refractivity contribution is -0.131. The normalized spacial score (nSPS) is 19.3. The van der Waals surface area contributed by atoms with Crippen LogP contribution in [0.25, 0.3) is 0 Å². The van der Waals surface area contributed by atoms with Crippen LogP contribution in [0.2, 0.25) is 5.02 Å². The van der Waals surface area contributed by atoms with Crippen molar-refractivity contribution in [2.24, 2.45) is 0 Å². The van der Waals surface area contributed by atoms with Crippen LogP contribution in [0.15, 0.2) is 35.9 Å². The Balaban J connectivity index is 1.93. The third-order valence-corrected chi connectivity index (χ3v) is 5.65. The predicted molar refractivity (Wildman–Crippen MR) is 108 cm³/mol. The van der Waals surface area contributed by atoms with Gasteiger partial charge >= 0.3 is 12.1 Å². The fourth-order valence-electron chi connectivity index (χ4n) is 2.87. The van der Waals surface area contributed by atoms with Gasteiger partial charge in [-0.15, -0.1) is 11.8 Å². The fraction of sp³-hybridized carbons (Fsp3) is 0.474. The fourth-order valence-corrected chi connectivity index (χ4v) is 4.10. The van der Waals surface area contributed by atoms with Crippen LogP contribution >= 0.6 is 23.4 Å². The number of aliphatic carboxylic acids is 1. The van der Waals surface area contributed by atoms with E-state index in [1.165, 1.54) is 17.8 Å². The Hall–Kier alpha value is -1.70. The summed E-state index contributed by atoms with van der Waals surface area (Å²) in [7, 11) is 0. The average Bonchev–Trinajstić information content (AvgIpc) is 2.57. The van der Waals surface area contributed by atoms with Gasteiger partial charge in [-0.1, -0.05) is 29.8 Å². The molecule has 0 saturated carbocycles. The molecule has 1 aliphatic rings. The van der Waals surface area contributed by atoms with Crippen LogP contribution in [0.1, 0.15) is 25.8 Å². The molecule has 1 amide bonds. The van der Waals surface area contributed by atoms with Crippen LogP contribution in [-0.4, -0.2) is 52.4 Å². The first-order chi connectivity index (χ1) is 12.8. The van der Waals surface area contributed by atoms with Crippen molar-refractivity contribution in [3.63, 3.8) is 0 Å². The number of rotatable bonds is 7. The van der Waals surface area contributed by atoms with Crippen molar-refractivity contribution in [1.82, 2.24) is 10.2 Å². The summed E-state index contributed by atoms with van der Waals surface area (Å²) in [5.41, 5.74) is 1.86. The third kappa shape index (κ3) is 7.44. The number of carbonyl (C=O) groups is 2. The summed E-state index contributed by atoms with van der Waals surface area (Å²) in [6, 6.07) is 7.67. The van der Waals surface area contributed by atoms with Crippen molar-refractivity contribution in [2.45, 2.75) is 38.2 Å². The van der Waals surface area contributed by atoms with Gasteiger partial charge in [0, 0.05) is 36.0 Å². The zero-order valence-electron chi connectivity index (χ0n) is 15.5. The number of nitrogens with one attached hydrogen (secondary N) is 1. The van der Waals surface area contributed by atoms with E-state index in [-0.39, 0.29) is 11.4 Å². The number of likely N-dealkylation sites (tertiary alicyclic amines) is 1. The van der Waals surface area contributed by atoms with Crippen molar-refractivity contribution in [3.8, 4) is 0 Å². The maximum Gasteiger partial charge on any atom is 0.408 e. The summed E-state index contributed by atoms with van der Waals surface area (Å²) in [6.07, 6.45) is 1.45. The van der Waals surface area contributed by atoms with Crippen LogP contribution in [-0.2, 0) is 16.1 Å². The first-order valence-corrected chi connectivity index (χ1v) is 10.2. The number of piperidine rings is 1. The quantitative estimate of drug-likeness (QED) is 0.524. The van der Waals surface area contributed by atoms with E-state index in [2.05, 4.69) is 10.2 Å². The molecule has 2 N–H and O–H groups in total. The Morgan fingerprint density at radius 3 is 2.85 bits per heavy atom. The minimum absolute atomic E-state index is 0.0444. The van der Waals surface area contributed by atoms with E-state index >= 15 is 0 Å². The van der Waals surface area contributed by atoms with Crippen molar-refractivity contribution in [2.75, 3.05) is 19.0 Å². The molecule has 2 rings (SSSR count). The smallest absolute Gasteiger partial charge is 0.408 e. The number of halogens is 1. The number of carboxylic acids is 1. The van der Waals surface area contributed by atoms with E-state index < -0.39 is 12.1 Å². The van der Waals surface area contributed by atoms with Crippen molar-refractivity contribution in [3.05, 3.63) is 46.5 Å². The molecule has 0 aliphatic carbocycles. The molecule has 148 valence electrons. The molecule has 1 aromatic carbocycles. The van der Waals surface area contributed by atoms with Crippen molar-refractivity contribution >= 4 is 35.4 Å². The number of hydrogen-bond donors (Lipinski definition) is 2. The van der Waals surface area contributed by atoms with Gasteiger partial charge < -0.3 is 15.2 Å². The van der Waals surface area contributed by atoms with Gasteiger partial charge in [0.1, 0.15) is 0 Å². The van der Waals surface area contributed by atoms with Crippen LogP contribution in [0.4, 0.5) is 4.79 Å². The number of hydrogen-bond acceptors (Lipinski definition) is 5. The minimum atomic E-state index is -0.956. The second-order valence-electron chi connectivity index (χ2n) is 6.58. The van der Waals surface area contributed by atoms with Gasteiger partial charge in [0.25, 0.3) is 0 Å². The molecule has 1 saturated heterocycles. The SMILES string of the molecule is CC(C)OC(=O)NCSC1CCN(Cc2ccccc2Cl)C/C1=C\C(=O)O. The highest BCUT2D eigenvalue weighted by Gasteiger charge is 2.25. The van der Waals surface area contributed by atoms with Gasteiger partial charge in [0.15, 0.2) is 0 Å². The molecule has 1 fully saturated rings. The summed E-state index contributed by atoms with van der Waals surface area (Å²) >= 11 is 7.75. The molecule has 27 heavy (non-hydrogen) atoms. The van der Waals surface area contributed by atoms with Gasteiger partial charge in [-0.05, 0) is 37.5 Å². The number of carbonyl (C=O) groups excluding carboxylic acids is 1. The standard InChI is InChI=1S/C19H25ClN2O4S/c1-13(2)26-19(25)21-12-27-17-7-8-22(11-15(17)9-18(23)24)10-14-5-3-4-6-16(14)20/h3-6,9,13,17H,7-8,10-12H2,1-2H3,(H,21,25)(H,23,24)/b15-9+. The number of benzene rings is 1. The molecular weight excluding hydrogens is 388 g/mol. The van der Waals surface area contributed by atoms with E-state index in [1.54, 1.807) is 13.8 Å². The average molecular weight is 413 g/mol. The molecule has 0 aromatic heterocycles. The molecule has 1 atom stereocenters. The lowest BCUT2D eigenvalue weighted by Gasteiger charge is -2.34. The zero-order valence-corrected chi connectivity index (χ0v) is 17.1. The molecule has 0 spiro atoms. The Kier molecular flexibility index (Phi) is 8.47. The third-order valence-electron chi connectivity index (χ3n) is 4.03. The first kappa shape index (κ1) is 21.6. The van der Waals surface area contributed by atoms with Gasteiger partial charge in [-0.2, -0.15) is 0 Å². The van der Waals surface area contributed by atoms with Gasteiger partial charge in [0.05, 0.1) is 12.0 Å². The maximum atomic E-state index is 11.6. The number of nitrogens with zero attached hydrogens (tertiary/aromatic N) is 1. The monoisotopic (exact) mass is 412 g/mol. The molecule has 0 radical (unpaired) electrons. The largest absolute Gasteiger partial charge is 0.478 e. The second-order valence-corrected chi connectivity index (χ2v) is 8.18. The summed E-state index contributed by atoms with van der Waals surface area (Å²) in [5, 5.41) is 12.6. The first-order valence-electron chi connectivity index (χ1n) is 8.80. The molecule has 1 aliphatic heterocycles. The van der Waals surface area contributed by atoms with E-state index in [1.807, 2.05) is 24.3 Å². The van der Waals surface area contributed by atoms with Crippen LogP contribution < -0.4 is 5.32 Å². The summed E-state index contributed by atoms with van der Waals surface area (Å²) in [4.78, 5) is 25.0. The zero-order chi connectivity index (χ0) is 19.8. The Morgan fingerprint density at radius 1 is 1.44 bits per heavy atom. The highest BCUT2D eigenvalue weighted by Crippen LogP contribution is 2.29. The molecule has 1 unspecified atom stereocenters. The summed E-state index contributed by atoms with van der Waals surface area (Å²) < 4.78 is 5.03. The summed E-state index contributed by atoms with van der Waals surface area (Å²) in [6.45, 7) is 5.64. The Labute approximate surface area is 168 Å². The van der Waals surface area contributed by atoms with Crippen molar-refractivity contribution < 1.29 is 19.4 Å². The Morgan fingerprint density at radius 2 is 2.19 bits per heavy atom. The van der Waals surface area contributed by atoms with Crippen molar-refractivity contribution in [1.29, 1.82) is 0 Å². The van der Waals surface area contributed by atoms with E-state index in [4.69, 9.17) is 16.3 Å². The van der Waals surface area contributed by atoms with Crippen LogP contribution in [0.5, 0.6) is 0 Å². The maximum absolute atomic E-state index is 11.6. The number of amides is 1. The molecule has 0 bridgehead atoms. The summed E-state index contributed by atoms with van der Waals surface area (Å²) in [5.74, 6) is -0.583. The number of ether oxygens (including phenoxy) is 1. The molecule has 1 aromatic rings. The van der Waals surface area contributed by atoms with E-state index in [0.29, 0.717) is 24.0 Å². The van der Waals surface area contributed by atoms with Gasteiger partial charge in [-0.25, -0.2) is 9.59 Å². The predicted octanol–water partition coefficient (Wildman–Crippen LogP) is 3.75. The van der Waals surface area contributed by atoms with Gasteiger partial charge in [0.2, 0.25) is 0 Å². The van der Waals surface area contributed by atoms with Crippen LogP contribution in [0, 0.1) is 0 Å². The number of thioether (sulfide) groups is 1. The second kappa shape index (κ2) is 10.6. The van der Waals surface area contributed by atoms with E-state index in [0.717, 1.165) is 24.1 Å². The highest BCUT2D eigenvalue weighted by atomic mass is 35.5. The number of carboxylic acid groups (broad SMARTS) is 1. The van der Waals surface area contributed by atoms with E-state index in [9.17, 15) is 14.7 Å². The lowest BCUT2D eigenvalue weighted by Crippen LogP contribution is -2.37. The minimum Gasteiger partial charge on any atom is -0.478 e. The van der Waals surface area contributed by atoms with Crippen LogP contribution in [0.3, 0.4) is 0 Å². The molecule has 1 heterocycles. The molecule has 6 nitrogen and oxygen atoms in total.